The Morgan fingerprint density at radius 1 is 1.03 bits per heavy atom. The number of carbonyl (C=O) groups is 1. The molecule has 1 saturated heterocycles. The Kier molecular flexibility index (Phi) is 5.59. The third-order valence-corrected chi connectivity index (χ3v) is 9.38. The van der Waals surface area contributed by atoms with Gasteiger partial charge in [-0.15, -0.1) is 0 Å². The van der Waals surface area contributed by atoms with Crippen molar-refractivity contribution < 1.29 is 27.1 Å². The molecule has 2 aliphatic carbocycles. The average molecular weight is 512 g/mol. The molecule has 0 radical (unpaired) electrons. The summed E-state index contributed by atoms with van der Waals surface area (Å²) in [5.74, 6) is -0.146. The number of benzene rings is 1. The van der Waals surface area contributed by atoms with E-state index in [0.717, 1.165) is 30.3 Å². The van der Waals surface area contributed by atoms with Crippen molar-refractivity contribution in [3.05, 3.63) is 54.2 Å². The summed E-state index contributed by atoms with van der Waals surface area (Å²) in [6.45, 7) is 0.893. The summed E-state index contributed by atoms with van der Waals surface area (Å²) in [5.41, 5.74) is 2.64. The van der Waals surface area contributed by atoms with E-state index in [-0.39, 0.29) is 23.3 Å². The van der Waals surface area contributed by atoms with Crippen LogP contribution in [0, 0.1) is 23.6 Å². The summed E-state index contributed by atoms with van der Waals surface area (Å²) in [4.78, 5) is 23.0. The highest BCUT2D eigenvalue weighted by Crippen LogP contribution is 2.57. The largest absolute Gasteiger partial charge is 0.481 e. The molecule has 3 heterocycles. The number of oxazole rings is 1. The van der Waals surface area contributed by atoms with Crippen LogP contribution >= 0.6 is 0 Å². The number of anilines is 1. The van der Waals surface area contributed by atoms with Crippen LogP contribution in [0.25, 0.3) is 22.8 Å². The van der Waals surface area contributed by atoms with Crippen LogP contribution in [0.5, 0.6) is 0 Å². The first-order valence-corrected chi connectivity index (χ1v) is 14.0. The predicted molar refractivity (Wildman–Crippen MR) is 131 cm³/mol. The van der Waals surface area contributed by atoms with E-state index < -0.39 is 27.5 Å². The lowest BCUT2D eigenvalue weighted by Crippen LogP contribution is -2.40. The number of aliphatic carboxylic acids is 1. The Bertz CT molecular complexity index is 1390. The summed E-state index contributed by atoms with van der Waals surface area (Å²) < 4.78 is 43.2. The first kappa shape index (κ1) is 23.1. The zero-order valence-corrected chi connectivity index (χ0v) is 20.3. The van der Waals surface area contributed by atoms with Gasteiger partial charge in [0.15, 0.2) is 9.84 Å². The highest BCUT2D eigenvalue weighted by atomic mass is 32.2. The monoisotopic (exact) mass is 511 g/mol. The number of aromatic nitrogens is 2. The van der Waals surface area contributed by atoms with E-state index >= 15 is 0 Å². The number of hydrogen-bond acceptors (Lipinski definition) is 7. The maximum absolute atomic E-state index is 13.4. The number of carboxylic acid groups (broad SMARTS) is 1. The van der Waals surface area contributed by atoms with Crippen molar-refractivity contribution in [2.75, 3.05) is 29.5 Å². The zero-order chi connectivity index (χ0) is 25.0. The lowest BCUT2D eigenvalue weighted by atomic mass is 9.77. The molecule has 0 amide bonds. The minimum absolute atomic E-state index is 0.136. The maximum Gasteiger partial charge on any atom is 0.307 e. The molecular weight excluding hydrogens is 485 g/mol. The molecule has 10 heteroatoms. The van der Waals surface area contributed by atoms with Gasteiger partial charge in [0.1, 0.15) is 23.0 Å². The molecule has 2 aromatic heterocycles. The van der Waals surface area contributed by atoms with Crippen LogP contribution in [-0.2, 0) is 14.6 Å². The van der Waals surface area contributed by atoms with Crippen LogP contribution < -0.4 is 4.90 Å². The number of nitrogens with zero attached hydrogens (tertiary/aromatic N) is 3. The molecule has 188 valence electrons. The molecule has 4 atom stereocenters. The van der Waals surface area contributed by atoms with Gasteiger partial charge in [-0.3, -0.25) is 4.79 Å². The Morgan fingerprint density at radius 2 is 1.75 bits per heavy atom. The summed E-state index contributed by atoms with van der Waals surface area (Å²) in [6, 6.07) is 10.4. The fraction of sp³-hybridized carbons (Fsp3) is 0.423. The Labute approximate surface area is 208 Å². The van der Waals surface area contributed by atoms with Gasteiger partial charge in [0.2, 0.25) is 5.89 Å². The Hall–Kier alpha value is -3.27. The summed E-state index contributed by atoms with van der Waals surface area (Å²) in [6.07, 6.45) is 3.52. The lowest BCUT2D eigenvalue weighted by Gasteiger charge is -2.29. The molecule has 8 nitrogen and oxygen atoms in total. The molecule has 0 spiro atoms. The molecule has 3 aromatic rings. The molecule has 36 heavy (non-hydrogen) atoms. The van der Waals surface area contributed by atoms with Crippen LogP contribution in [0.2, 0.25) is 0 Å². The lowest BCUT2D eigenvalue weighted by molar-refractivity contribution is -0.143. The molecule has 4 unspecified atom stereocenters. The van der Waals surface area contributed by atoms with Crippen molar-refractivity contribution in [3.8, 4) is 22.8 Å². The van der Waals surface area contributed by atoms with Crippen molar-refractivity contribution >= 4 is 21.5 Å². The quantitative estimate of drug-likeness (QED) is 0.547. The highest BCUT2D eigenvalue weighted by molar-refractivity contribution is 7.91. The average Bonchev–Trinajstić information content (AvgIpc) is 3.50. The van der Waals surface area contributed by atoms with Gasteiger partial charge in [0.05, 0.1) is 23.6 Å². The fourth-order valence-corrected chi connectivity index (χ4v) is 6.84. The second-order valence-electron chi connectivity index (χ2n) is 10.1. The van der Waals surface area contributed by atoms with Crippen molar-refractivity contribution in [3.63, 3.8) is 0 Å². The van der Waals surface area contributed by atoms with E-state index in [1.807, 2.05) is 29.2 Å². The normalized spacial score (nSPS) is 26.9. The third-order valence-electron chi connectivity index (χ3n) is 7.77. The van der Waals surface area contributed by atoms with Gasteiger partial charge < -0.3 is 14.4 Å². The smallest absolute Gasteiger partial charge is 0.307 e. The van der Waals surface area contributed by atoms with Crippen molar-refractivity contribution in [2.45, 2.75) is 25.2 Å². The number of halogens is 1. The van der Waals surface area contributed by atoms with E-state index in [0.29, 0.717) is 48.5 Å². The predicted octanol–water partition coefficient (Wildman–Crippen LogP) is 3.99. The standard InChI is InChI=1S/C26H26FN3O5S/c27-18-3-6-22(28-14-18)25-29-23(24(35-25)20-12-16-11-17(16)13-21(20)26(31)32)15-1-4-19(5-2-15)30-7-9-36(33,34)10-8-30/h1-6,14,16-17,20-21H,7-13H2,(H,31,32). The molecule has 6 rings (SSSR count). The zero-order valence-electron chi connectivity index (χ0n) is 19.5. The van der Waals surface area contributed by atoms with Crippen LogP contribution in [0.3, 0.4) is 0 Å². The maximum atomic E-state index is 13.4. The number of hydrogen-bond donors (Lipinski definition) is 1. The van der Waals surface area contributed by atoms with Crippen LogP contribution in [-0.4, -0.2) is 54.1 Å². The molecule has 1 aromatic carbocycles. The van der Waals surface area contributed by atoms with Gasteiger partial charge in [-0.25, -0.2) is 22.8 Å². The summed E-state index contributed by atoms with van der Waals surface area (Å²) >= 11 is 0. The van der Waals surface area contributed by atoms with Gasteiger partial charge in [0, 0.05) is 30.3 Å². The van der Waals surface area contributed by atoms with Crippen molar-refractivity contribution in [1.29, 1.82) is 0 Å². The fourth-order valence-electron chi connectivity index (χ4n) is 5.63. The van der Waals surface area contributed by atoms with Gasteiger partial charge in [-0.2, -0.15) is 0 Å². The first-order valence-electron chi connectivity index (χ1n) is 12.2. The Balaban J connectivity index is 1.37. The highest BCUT2D eigenvalue weighted by Gasteiger charge is 2.51. The minimum Gasteiger partial charge on any atom is -0.481 e. The second-order valence-corrected chi connectivity index (χ2v) is 12.4. The molecule has 1 aliphatic heterocycles. The topological polar surface area (TPSA) is 114 Å². The van der Waals surface area contributed by atoms with Crippen molar-refractivity contribution in [1.82, 2.24) is 9.97 Å². The molecule has 1 N–H and O–H groups in total. The van der Waals surface area contributed by atoms with E-state index in [1.54, 1.807) is 0 Å². The van der Waals surface area contributed by atoms with Crippen molar-refractivity contribution in [2.24, 2.45) is 17.8 Å². The molecule has 2 saturated carbocycles. The van der Waals surface area contributed by atoms with E-state index in [9.17, 15) is 22.7 Å². The number of sulfone groups is 1. The summed E-state index contributed by atoms with van der Waals surface area (Å²) in [5, 5.41) is 9.98. The first-order chi connectivity index (χ1) is 17.3. The summed E-state index contributed by atoms with van der Waals surface area (Å²) in [7, 11) is -2.97. The number of rotatable bonds is 5. The van der Waals surface area contributed by atoms with Gasteiger partial charge in [-0.1, -0.05) is 12.1 Å². The van der Waals surface area contributed by atoms with Crippen LogP contribution in [0.4, 0.5) is 10.1 Å². The Morgan fingerprint density at radius 3 is 2.42 bits per heavy atom. The van der Waals surface area contributed by atoms with E-state index in [2.05, 4.69) is 4.98 Å². The van der Waals surface area contributed by atoms with E-state index in [4.69, 9.17) is 9.40 Å². The molecule has 3 fully saturated rings. The van der Waals surface area contributed by atoms with Crippen LogP contribution in [0.1, 0.15) is 30.9 Å². The van der Waals surface area contributed by atoms with Gasteiger partial charge in [0.25, 0.3) is 0 Å². The molecular formula is C26H26FN3O5S. The molecule has 0 bridgehead atoms. The minimum atomic E-state index is -2.97. The van der Waals surface area contributed by atoms with Gasteiger partial charge in [-0.05, 0) is 55.4 Å². The van der Waals surface area contributed by atoms with Crippen LogP contribution in [0.15, 0.2) is 47.0 Å². The third kappa shape index (κ3) is 4.38. The number of pyridine rings is 1. The SMILES string of the molecule is O=C(O)C1CC2CC2CC1c1oc(-c2ccc(F)cn2)nc1-c1ccc(N2CCS(=O)(=O)CC2)cc1. The molecule has 3 aliphatic rings. The number of fused-ring (bicyclic) bond motifs is 1. The second kappa shape index (κ2) is 8.69. The van der Waals surface area contributed by atoms with E-state index in [1.165, 1.54) is 12.1 Å². The van der Waals surface area contributed by atoms with Gasteiger partial charge >= 0.3 is 5.97 Å². The number of carboxylic acids is 1.